The van der Waals surface area contributed by atoms with Gasteiger partial charge in [-0.1, -0.05) is 27.7 Å². The first kappa shape index (κ1) is 27.5. The maximum Gasteiger partial charge on any atom is 0.339 e. The molecule has 0 aliphatic rings. The largest absolute Gasteiger partial charge is 0.496 e. The average molecular weight is 536 g/mol. The van der Waals surface area contributed by atoms with E-state index in [1.807, 2.05) is 13.8 Å². The number of ether oxygens (including phenoxy) is 3. The van der Waals surface area contributed by atoms with E-state index in [4.69, 9.17) is 9.47 Å². The summed E-state index contributed by atoms with van der Waals surface area (Å²) < 4.78 is 15.9. The Morgan fingerprint density at radius 1 is 1.24 bits per heavy atom. The van der Waals surface area contributed by atoms with Gasteiger partial charge in [-0.25, -0.2) is 4.79 Å². The SMILES string of the molecule is C=C/C(C=O)=C\Cc1c(OC)c(C)c(C)c(C(=O)O)c1OCCSI.CCOC. The van der Waals surface area contributed by atoms with Crippen molar-refractivity contribution in [2.24, 2.45) is 0 Å². The lowest BCUT2D eigenvalue weighted by atomic mass is 9.94. The van der Waals surface area contributed by atoms with Crippen molar-refractivity contribution in [2.75, 3.05) is 33.2 Å². The number of methoxy groups -OCH3 is 2. The van der Waals surface area contributed by atoms with Gasteiger partial charge in [-0.2, -0.15) is 0 Å². The van der Waals surface area contributed by atoms with Gasteiger partial charge in [0.1, 0.15) is 23.3 Å². The van der Waals surface area contributed by atoms with Crippen LogP contribution < -0.4 is 9.47 Å². The van der Waals surface area contributed by atoms with Crippen molar-refractivity contribution in [2.45, 2.75) is 27.2 Å². The Morgan fingerprint density at radius 3 is 2.28 bits per heavy atom. The number of aromatic carboxylic acids is 1. The van der Waals surface area contributed by atoms with Gasteiger partial charge < -0.3 is 19.3 Å². The van der Waals surface area contributed by atoms with Crippen molar-refractivity contribution < 1.29 is 28.9 Å². The molecule has 0 fully saturated rings. The lowest BCUT2D eigenvalue weighted by molar-refractivity contribution is -0.104. The number of hydrogen-bond acceptors (Lipinski definition) is 6. The Kier molecular flexibility index (Phi) is 14.5. The van der Waals surface area contributed by atoms with Crippen LogP contribution in [0.2, 0.25) is 0 Å². The number of aldehydes is 1. The molecule has 0 heterocycles. The molecule has 6 nitrogen and oxygen atoms in total. The molecule has 0 unspecified atom stereocenters. The molecule has 0 atom stereocenters. The molecule has 0 aliphatic carbocycles. The first-order valence-corrected chi connectivity index (χ1v) is 12.4. The second-order valence-electron chi connectivity index (χ2n) is 5.74. The minimum Gasteiger partial charge on any atom is -0.496 e. The first-order chi connectivity index (χ1) is 13.8. The molecular formula is C21H29IO6S. The van der Waals surface area contributed by atoms with Gasteiger partial charge in [0.15, 0.2) is 0 Å². The van der Waals surface area contributed by atoms with Crippen LogP contribution in [-0.2, 0) is 16.0 Å². The summed E-state index contributed by atoms with van der Waals surface area (Å²) in [5.41, 5.74) is 2.51. The standard InChI is InChI=1S/C18H21IO5S.C3H8O/c1-5-13(10-20)6-7-14-16(23-4)12(3)11(2)15(18(21)22)17(14)24-8-9-25-19;1-3-4-2/h5-6,10H,1,7-9H2,2-4H3,(H,21,22);3H2,1-2H3/b13-6+;. The molecule has 1 aromatic rings. The van der Waals surface area contributed by atoms with Crippen molar-refractivity contribution in [1.82, 2.24) is 0 Å². The third-order valence-corrected chi connectivity index (χ3v) is 5.72. The number of carboxylic acid groups (broad SMARTS) is 1. The van der Waals surface area contributed by atoms with E-state index in [-0.39, 0.29) is 5.56 Å². The second kappa shape index (κ2) is 15.3. The number of allylic oxidation sites excluding steroid dienone is 3. The summed E-state index contributed by atoms with van der Waals surface area (Å²) in [5.74, 6) is 0.537. The van der Waals surface area contributed by atoms with Crippen molar-refractivity contribution in [3.8, 4) is 11.5 Å². The van der Waals surface area contributed by atoms with Crippen LogP contribution in [0.25, 0.3) is 0 Å². The summed E-state index contributed by atoms with van der Waals surface area (Å²) in [5, 5.41) is 9.67. The second-order valence-corrected chi connectivity index (χ2v) is 8.24. The summed E-state index contributed by atoms with van der Waals surface area (Å²) in [6.45, 7) is 10.3. The minimum absolute atomic E-state index is 0.131. The normalized spacial score (nSPS) is 10.6. The predicted molar refractivity (Wildman–Crippen MR) is 127 cm³/mol. The smallest absolute Gasteiger partial charge is 0.339 e. The number of hydrogen-bond donors (Lipinski definition) is 1. The van der Waals surface area contributed by atoms with E-state index in [2.05, 4.69) is 32.5 Å². The lowest BCUT2D eigenvalue weighted by Gasteiger charge is -2.21. The van der Waals surface area contributed by atoms with E-state index < -0.39 is 5.97 Å². The summed E-state index contributed by atoms with van der Waals surface area (Å²) >= 11 is 2.16. The quantitative estimate of drug-likeness (QED) is 0.141. The van der Waals surface area contributed by atoms with Gasteiger partial charge in [0.05, 0.1) is 13.7 Å². The topological polar surface area (TPSA) is 82.1 Å². The zero-order valence-corrected chi connectivity index (χ0v) is 20.5. The molecule has 0 aliphatic heterocycles. The monoisotopic (exact) mass is 536 g/mol. The molecule has 0 amide bonds. The van der Waals surface area contributed by atoms with Crippen molar-refractivity contribution >= 4 is 42.4 Å². The van der Waals surface area contributed by atoms with Crippen LogP contribution >= 0.6 is 30.1 Å². The molecule has 162 valence electrons. The third-order valence-electron chi connectivity index (χ3n) is 4.08. The van der Waals surface area contributed by atoms with Gasteiger partial charge >= 0.3 is 5.97 Å². The zero-order chi connectivity index (χ0) is 22.4. The average Bonchev–Trinajstić information content (AvgIpc) is 2.71. The maximum atomic E-state index is 11.8. The molecule has 1 aromatic carbocycles. The number of carboxylic acids is 1. The summed E-state index contributed by atoms with van der Waals surface area (Å²) in [6, 6.07) is 0. The lowest BCUT2D eigenvalue weighted by Crippen LogP contribution is -2.13. The molecule has 0 bridgehead atoms. The highest BCUT2D eigenvalue weighted by Crippen LogP contribution is 2.39. The number of halogens is 1. The first-order valence-electron chi connectivity index (χ1n) is 8.90. The number of benzene rings is 1. The van der Waals surface area contributed by atoms with Crippen LogP contribution in [0.1, 0.15) is 34.0 Å². The third kappa shape index (κ3) is 8.39. The van der Waals surface area contributed by atoms with E-state index in [0.717, 1.165) is 17.9 Å². The van der Waals surface area contributed by atoms with Gasteiger partial charge in [-0.15, -0.1) is 0 Å². The van der Waals surface area contributed by atoms with E-state index in [1.165, 1.54) is 13.2 Å². The van der Waals surface area contributed by atoms with E-state index in [1.54, 1.807) is 29.0 Å². The Hall–Kier alpha value is -1.52. The van der Waals surface area contributed by atoms with Gasteiger partial charge in [-0.05, 0) is 59.5 Å². The molecule has 1 N–H and O–H groups in total. The van der Waals surface area contributed by atoms with Crippen molar-refractivity contribution in [3.05, 3.63) is 46.6 Å². The van der Waals surface area contributed by atoms with Crippen LogP contribution in [0.15, 0.2) is 24.3 Å². The molecule has 0 saturated heterocycles. The van der Waals surface area contributed by atoms with Crippen LogP contribution in [0, 0.1) is 13.8 Å². The van der Waals surface area contributed by atoms with Gasteiger partial charge in [-0.3, -0.25) is 4.79 Å². The summed E-state index contributed by atoms with van der Waals surface area (Å²) in [6.07, 6.45) is 4.13. The highest BCUT2D eigenvalue weighted by Gasteiger charge is 2.25. The Balaban J connectivity index is 0.00000178. The number of rotatable bonds is 11. The highest BCUT2D eigenvalue weighted by atomic mass is 127. The zero-order valence-electron chi connectivity index (χ0n) is 17.5. The predicted octanol–water partition coefficient (Wildman–Crippen LogP) is 4.98. The fourth-order valence-corrected chi connectivity index (χ4v) is 3.15. The van der Waals surface area contributed by atoms with Gasteiger partial charge in [0, 0.05) is 30.6 Å². The minimum atomic E-state index is -1.05. The summed E-state index contributed by atoms with van der Waals surface area (Å²) in [4.78, 5) is 22.8. The van der Waals surface area contributed by atoms with Crippen LogP contribution in [0.5, 0.6) is 11.5 Å². The Morgan fingerprint density at radius 2 is 1.86 bits per heavy atom. The van der Waals surface area contributed by atoms with E-state index >= 15 is 0 Å². The van der Waals surface area contributed by atoms with Crippen molar-refractivity contribution in [1.29, 1.82) is 0 Å². The summed E-state index contributed by atoms with van der Waals surface area (Å²) in [7, 11) is 4.79. The Bertz CT molecular complexity index is 719. The fraction of sp³-hybridized carbons (Fsp3) is 0.429. The fourth-order valence-electron chi connectivity index (χ4n) is 2.46. The number of carbonyl (C=O) groups is 2. The van der Waals surface area contributed by atoms with E-state index in [0.29, 0.717) is 47.5 Å². The van der Waals surface area contributed by atoms with Crippen LogP contribution in [0.3, 0.4) is 0 Å². The van der Waals surface area contributed by atoms with E-state index in [9.17, 15) is 14.7 Å². The molecule has 29 heavy (non-hydrogen) atoms. The molecule has 8 heteroatoms. The van der Waals surface area contributed by atoms with Crippen molar-refractivity contribution in [3.63, 3.8) is 0 Å². The molecule has 0 saturated carbocycles. The molecule has 0 radical (unpaired) electrons. The van der Waals surface area contributed by atoms with Gasteiger partial charge in [0.25, 0.3) is 0 Å². The molecule has 1 rings (SSSR count). The Labute approximate surface area is 189 Å². The molecular weight excluding hydrogens is 507 g/mol. The molecule has 0 spiro atoms. The van der Waals surface area contributed by atoms with Crippen LogP contribution in [-0.4, -0.2) is 50.5 Å². The maximum absolute atomic E-state index is 11.8. The van der Waals surface area contributed by atoms with Gasteiger partial charge in [0.2, 0.25) is 0 Å². The number of carbonyl (C=O) groups excluding carboxylic acids is 1. The van der Waals surface area contributed by atoms with Crippen LogP contribution in [0.4, 0.5) is 0 Å². The molecule has 0 aromatic heterocycles. The highest BCUT2D eigenvalue weighted by molar-refractivity contribution is 14.2.